The molecule has 0 bridgehead atoms. The number of carbonyl (C=O) groups excluding carboxylic acids is 3. The first-order valence-electron chi connectivity index (χ1n) is 17.3. The number of fused-ring (bicyclic) bond motifs is 1. The Balaban J connectivity index is 1.15. The van der Waals surface area contributed by atoms with E-state index < -0.39 is 58.3 Å². The molecule has 1 aliphatic carbocycles. The number of sulfonamides is 1. The van der Waals surface area contributed by atoms with Gasteiger partial charge in [0.1, 0.15) is 18.8 Å². The monoisotopic (exact) mass is 763 g/mol. The second-order valence-electron chi connectivity index (χ2n) is 13.8. The van der Waals surface area contributed by atoms with Gasteiger partial charge in [0.05, 0.1) is 36.0 Å². The van der Waals surface area contributed by atoms with Crippen LogP contribution in [0.4, 0.5) is 27.0 Å². The summed E-state index contributed by atoms with van der Waals surface area (Å²) in [6.07, 6.45) is -0.266. The summed E-state index contributed by atoms with van der Waals surface area (Å²) in [5.41, 5.74) is 2.00. The molecular weight excluding hydrogens is 723 g/mol. The van der Waals surface area contributed by atoms with Gasteiger partial charge in [0.25, 0.3) is 5.91 Å². The molecule has 5 amide bonds. The van der Waals surface area contributed by atoms with Gasteiger partial charge in [0.2, 0.25) is 16.0 Å². The SMILES string of the molecule is CN1CC(=O)N([C@H]2C[C@@H](n3cnc4c(N[C@H](CO)Cc5ccccc5)nc(N5CCC(NC(=O)Nc6ccc(S(N)(=O)=O)cc6)C5)nc43)[C@H](O)[C@@H]2O)C1=O. The number of hydrogen-bond acceptors (Lipinski definition) is 13. The summed E-state index contributed by atoms with van der Waals surface area (Å²) in [5, 5.41) is 46.8. The number of benzene rings is 2. The molecule has 0 radical (unpaired) electrons. The minimum atomic E-state index is -3.88. The normalized spacial score (nSPS) is 23.7. The van der Waals surface area contributed by atoms with Crippen molar-refractivity contribution in [2.24, 2.45) is 5.14 Å². The highest BCUT2D eigenvalue weighted by Gasteiger charge is 2.51. The number of imide groups is 1. The predicted octanol–water partition coefficient (Wildman–Crippen LogP) is -0.181. The van der Waals surface area contributed by atoms with E-state index in [0.29, 0.717) is 48.6 Å². The third kappa shape index (κ3) is 7.37. The fraction of sp³-hybridized carbons (Fsp3) is 0.412. The molecule has 7 rings (SSSR count). The second-order valence-corrected chi connectivity index (χ2v) is 15.3. The van der Waals surface area contributed by atoms with Gasteiger partial charge in [0.15, 0.2) is 17.0 Å². The number of imidazole rings is 1. The number of hydrogen-bond donors (Lipinski definition) is 7. The largest absolute Gasteiger partial charge is 0.394 e. The van der Waals surface area contributed by atoms with E-state index >= 15 is 0 Å². The maximum atomic E-state index is 12.9. The van der Waals surface area contributed by atoms with Gasteiger partial charge in [-0.1, -0.05) is 30.3 Å². The molecule has 54 heavy (non-hydrogen) atoms. The number of urea groups is 2. The van der Waals surface area contributed by atoms with Crippen LogP contribution < -0.4 is 26.0 Å². The van der Waals surface area contributed by atoms with Crippen LogP contribution in [0, 0.1) is 0 Å². The topological polar surface area (TPSA) is 261 Å². The predicted molar refractivity (Wildman–Crippen MR) is 195 cm³/mol. The van der Waals surface area contributed by atoms with Crippen molar-refractivity contribution >= 4 is 56.6 Å². The standard InChI is InChI=1S/C34H41N11O8S/c1-42-16-26(47)45(34(42)51)25-14-24(28(48)29(25)49)44-18-36-27-30(37-22(17-46)13-19-5-3-2-4-6-19)40-32(41-31(27)44)43-12-11-21(15-43)39-33(50)38-20-7-9-23(10-8-20)54(35,52)53/h2-10,18,21-22,24-25,28-29,46,48-49H,11-17H2,1H3,(H2,35,52,53)(H,37,40,41)(H2,38,39,50)/t21?,22-,24+,25-,28-,29+/m0/s1. The molecule has 2 aliphatic heterocycles. The van der Waals surface area contributed by atoms with Crippen LogP contribution in [-0.2, 0) is 21.2 Å². The lowest BCUT2D eigenvalue weighted by atomic mass is 10.1. The number of aromatic nitrogens is 4. The van der Waals surface area contributed by atoms with E-state index in [4.69, 9.17) is 15.1 Å². The van der Waals surface area contributed by atoms with E-state index in [1.165, 1.54) is 42.5 Å². The summed E-state index contributed by atoms with van der Waals surface area (Å²) < 4.78 is 24.7. The molecule has 2 saturated heterocycles. The Bertz CT molecular complexity index is 2150. The maximum Gasteiger partial charge on any atom is 0.327 e. The molecule has 19 nitrogen and oxygen atoms in total. The zero-order valence-corrected chi connectivity index (χ0v) is 30.0. The molecule has 286 valence electrons. The fourth-order valence-electron chi connectivity index (χ4n) is 7.27. The van der Waals surface area contributed by atoms with Crippen LogP contribution in [0.1, 0.15) is 24.4 Å². The zero-order chi connectivity index (χ0) is 38.3. The second kappa shape index (κ2) is 14.8. The van der Waals surface area contributed by atoms with Gasteiger partial charge in [-0.05, 0) is 49.1 Å². The van der Waals surface area contributed by atoms with Crippen molar-refractivity contribution in [3.63, 3.8) is 0 Å². The zero-order valence-electron chi connectivity index (χ0n) is 29.2. The van der Waals surface area contributed by atoms with Crippen LogP contribution in [0.3, 0.4) is 0 Å². The van der Waals surface area contributed by atoms with E-state index in [1.807, 2.05) is 35.2 Å². The van der Waals surface area contributed by atoms with Crippen molar-refractivity contribution in [3.8, 4) is 0 Å². The van der Waals surface area contributed by atoms with Gasteiger partial charge in [-0.2, -0.15) is 9.97 Å². The molecule has 4 aromatic rings. The van der Waals surface area contributed by atoms with E-state index in [9.17, 15) is 38.1 Å². The van der Waals surface area contributed by atoms with E-state index in [1.54, 1.807) is 4.57 Å². The number of aliphatic hydroxyl groups excluding tert-OH is 3. The number of likely N-dealkylation sites (N-methyl/N-ethyl adjacent to an activating group) is 1. The lowest BCUT2D eigenvalue weighted by Gasteiger charge is -2.24. The highest BCUT2D eigenvalue weighted by molar-refractivity contribution is 7.89. The molecule has 2 aromatic heterocycles. The van der Waals surface area contributed by atoms with Gasteiger partial charge >= 0.3 is 12.1 Å². The van der Waals surface area contributed by atoms with Crippen LogP contribution in [0.25, 0.3) is 11.2 Å². The van der Waals surface area contributed by atoms with Gasteiger partial charge in [0, 0.05) is 31.9 Å². The van der Waals surface area contributed by atoms with Crippen molar-refractivity contribution < 1.29 is 38.1 Å². The third-order valence-corrected chi connectivity index (χ3v) is 11.0. The summed E-state index contributed by atoms with van der Waals surface area (Å²) in [6.45, 7) is 0.427. The lowest BCUT2D eigenvalue weighted by molar-refractivity contribution is -0.128. The Hall–Kier alpha value is -5.41. The maximum absolute atomic E-state index is 12.9. The van der Waals surface area contributed by atoms with Gasteiger partial charge < -0.3 is 45.6 Å². The molecule has 1 unspecified atom stereocenters. The smallest absolute Gasteiger partial charge is 0.327 e. The molecule has 1 saturated carbocycles. The fourth-order valence-corrected chi connectivity index (χ4v) is 7.78. The number of rotatable bonds is 11. The number of amides is 5. The van der Waals surface area contributed by atoms with E-state index in [2.05, 4.69) is 20.9 Å². The van der Waals surface area contributed by atoms with Crippen LogP contribution in [-0.4, -0.2) is 135 Å². The molecule has 3 fully saturated rings. The highest BCUT2D eigenvalue weighted by atomic mass is 32.2. The first kappa shape index (κ1) is 36.9. The number of nitrogens with one attached hydrogen (secondary N) is 3. The number of nitrogens with zero attached hydrogens (tertiary/aromatic N) is 7. The number of primary sulfonamides is 1. The molecule has 2 aromatic carbocycles. The summed E-state index contributed by atoms with van der Waals surface area (Å²) in [6, 6.07) is 11.4. The van der Waals surface area contributed by atoms with Crippen LogP contribution >= 0.6 is 0 Å². The minimum absolute atomic E-state index is 0.0457. The van der Waals surface area contributed by atoms with E-state index in [0.717, 1.165) is 10.5 Å². The average molecular weight is 764 g/mol. The molecule has 8 N–H and O–H groups in total. The molecule has 6 atom stereocenters. The number of anilines is 3. The van der Waals surface area contributed by atoms with Crippen molar-refractivity contribution in [3.05, 3.63) is 66.5 Å². The van der Waals surface area contributed by atoms with Gasteiger partial charge in [-0.15, -0.1) is 0 Å². The molecule has 0 spiro atoms. The van der Waals surface area contributed by atoms with Gasteiger partial charge in [-0.25, -0.2) is 28.1 Å². The highest BCUT2D eigenvalue weighted by Crippen LogP contribution is 2.38. The van der Waals surface area contributed by atoms with Crippen molar-refractivity contribution in [2.45, 2.75) is 60.5 Å². The summed E-state index contributed by atoms with van der Waals surface area (Å²) in [4.78, 5) is 56.7. The van der Waals surface area contributed by atoms with Gasteiger partial charge in [-0.3, -0.25) is 9.69 Å². The third-order valence-electron chi connectivity index (χ3n) is 10.0. The van der Waals surface area contributed by atoms with Crippen LogP contribution in [0.15, 0.2) is 65.8 Å². The Morgan fingerprint density at radius 2 is 1.76 bits per heavy atom. The summed E-state index contributed by atoms with van der Waals surface area (Å²) in [5.74, 6) is 0.129. The number of carbonyl (C=O) groups is 3. The Labute approximate surface area is 309 Å². The first-order valence-corrected chi connectivity index (χ1v) is 18.9. The summed E-state index contributed by atoms with van der Waals surface area (Å²) in [7, 11) is -2.39. The molecule has 3 aliphatic rings. The minimum Gasteiger partial charge on any atom is -0.394 e. The van der Waals surface area contributed by atoms with E-state index in [-0.39, 0.29) is 36.5 Å². The van der Waals surface area contributed by atoms with Crippen molar-refractivity contribution in [1.82, 2.24) is 34.6 Å². The van der Waals surface area contributed by atoms with Crippen molar-refractivity contribution in [2.75, 3.05) is 48.8 Å². The van der Waals surface area contributed by atoms with Crippen molar-refractivity contribution in [1.29, 1.82) is 0 Å². The Morgan fingerprint density at radius 1 is 1.04 bits per heavy atom. The number of nitrogens with two attached hydrogens (primary N) is 1. The number of aliphatic hydroxyl groups is 3. The van der Waals surface area contributed by atoms with Crippen LogP contribution in [0.2, 0.25) is 0 Å². The van der Waals surface area contributed by atoms with Crippen LogP contribution in [0.5, 0.6) is 0 Å². The quantitative estimate of drug-likeness (QED) is 0.0980. The summed E-state index contributed by atoms with van der Waals surface area (Å²) >= 11 is 0. The molecular formula is C34H41N11O8S. The average Bonchev–Trinajstić information content (AvgIpc) is 3.90. The Kier molecular flexibility index (Phi) is 10.1. The first-order chi connectivity index (χ1) is 25.8. The molecule has 20 heteroatoms. The lowest BCUT2D eigenvalue weighted by Crippen LogP contribution is -2.47. The molecule has 4 heterocycles. The Morgan fingerprint density at radius 3 is 2.43 bits per heavy atom.